The summed E-state index contributed by atoms with van der Waals surface area (Å²) in [7, 11) is 1.70. The Balaban J connectivity index is 1.43. The fraction of sp³-hybridized carbons (Fsp3) is 0.444. The topological polar surface area (TPSA) is 117 Å². The van der Waals surface area contributed by atoms with Gasteiger partial charge in [0.1, 0.15) is 23.7 Å². The van der Waals surface area contributed by atoms with Crippen molar-refractivity contribution in [3.63, 3.8) is 0 Å². The summed E-state index contributed by atoms with van der Waals surface area (Å²) in [6, 6.07) is 14.6. The van der Waals surface area contributed by atoms with Gasteiger partial charge in [-0.05, 0) is 56.0 Å². The molecule has 0 radical (unpaired) electrons. The molecule has 1 spiro atoms. The first-order valence-electron chi connectivity index (χ1n) is 16.2. The molecule has 2 fully saturated rings. The molecule has 1 N–H and O–H groups in total. The number of nitrogens with zero attached hydrogens (tertiary/aromatic N) is 3. The van der Waals surface area contributed by atoms with Gasteiger partial charge < -0.3 is 29.3 Å². The van der Waals surface area contributed by atoms with E-state index >= 15 is 0 Å². The summed E-state index contributed by atoms with van der Waals surface area (Å²) >= 11 is 6.14. The van der Waals surface area contributed by atoms with Gasteiger partial charge in [-0.1, -0.05) is 66.2 Å². The molecule has 248 valence electrons. The van der Waals surface area contributed by atoms with Crippen LogP contribution in [-0.2, 0) is 28.7 Å². The van der Waals surface area contributed by atoms with Crippen molar-refractivity contribution in [3.8, 4) is 0 Å². The summed E-state index contributed by atoms with van der Waals surface area (Å²) in [5.41, 5.74) is -0.117. The van der Waals surface area contributed by atoms with Gasteiger partial charge >= 0.3 is 5.97 Å². The van der Waals surface area contributed by atoms with E-state index in [4.69, 9.17) is 21.1 Å². The Kier molecular flexibility index (Phi) is 9.55. The molecule has 4 aliphatic heterocycles. The Morgan fingerprint density at radius 1 is 0.979 bits per heavy atom. The normalized spacial score (nSPS) is 31.8. The number of aliphatic hydroxyl groups excluding tert-OH is 1. The van der Waals surface area contributed by atoms with Crippen LogP contribution in [0, 0.1) is 11.8 Å². The van der Waals surface area contributed by atoms with E-state index in [9.17, 15) is 24.3 Å². The van der Waals surface area contributed by atoms with Gasteiger partial charge in [0.25, 0.3) is 5.91 Å². The standard InChI is InChI=1S/C36H40ClN3O7/c1-23-31(24-11-4-3-5-12-24)46-35(45)29-27(13-6-7-14-28(42)38(23)2)47-36-19-10-21-39(26-17-15-25(37)16-18-26)34(44)32(36)40(20-8-9-22-41)33(43)30(29)36/h3-6,10-13,15-19,23,27,29-32,41H,7-9,14,20-22H2,1-2H3/b13-6-/t23-,27-,29+,30+,31+,32-,36+/m1/s1. The van der Waals surface area contributed by atoms with Crippen LogP contribution in [0.3, 0.4) is 0 Å². The molecule has 0 aliphatic carbocycles. The summed E-state index contributed by atoms with van der Waals surface area (Å²) in [6.07, 6.45) is 7.00. The Labute approximate surface area is 279 Å². The highest BCUT2D eigenvalue weighted by molar-refractivity contribution is 6.30. The predicted molar refractivity (Wildman–Crippen MR) is 175 cm³/mol. The summed E-state index contributed by atoms with van der Waals surface area (Å²) < 4.78 is 13.1. The van der Waals surface area contributed by atoms with Gasteiger partial charge in [-0.3, -0.25) is 19.2 Å². The van der Waals surface area contributed by atoms with E-state index in [-0.39, 0.29) is 43.8 Å². The third kappa shape index (κ3) is 5.98. The van der Waals surface area contributed by atoms with Crippen LogP contribution >= 0.6 is 11.6 Å². The van der Waals surface area contributed by atoms with E-state index in [2.05, 4.69) is 0 Å². The van der Waals surface area contributed by atoms with E-state index in [0.717, 1.165) is 5.56 Å². The number of carbonyl (C=O) groups excluding carboxylic acids is 4. The fourth-order valence-corrected chi connectivity index (χ4v) is 7.50. The lowest BCUT2D eigenvalue weighted by molar-refractivity contribution is -0.164. The summed E-state index contributed by atoms with van der Waals surface area (Å²) in [5, 5.41) is 10.0. The molecule has 2 aromatic carbocycles. The lowest BCUT2D eigenvalue weighted by atomic mass is 9.77. The summed E-state index contributed by atoms with van der Waals surface area (Å²) in [4.78, 5) is 61.4. The molecule has 3 amide bonds. The van der Waals surface area contributed by atoms with Gasteiger partial charge in [0, 0.05) is 43.9 Å². The second kappa shape index (κ2) is 13.6. The lowest BCUT2D eigenvalue weighted by Gasteiger charge is -2.35. The molecule has 47 heavy (non-hydrogen) atoms. The number of unbranched alkanes of at least 4 members (excludes halogenated alkanes) is 1. The number of allylic oxidation sites excluding steroid dienone is 1. The number of benzene rings is 2. The van der Waals surface area contributed by atoms with Crippen LogP contribution in [0.25, 0.3) is 0 Å². The Morgan fingerprint density at radius 2 is 1.72 bits per heavy atom. The molecule has 4 aliphatic rings. The zero-order valence-electron chi connectivity index (χ0n) is 26.5. The maximum atomic E-state index is 14.6. The number of hydrogen-bond acceptors (Lipinski definition) is 7. The number of esters is 1. The SMILES string of the molecule is C[C@@H]1[C@@H](c2ccccc2)OC(=O)[C@@H]2[C@H]3C(=O)N(CCCCO)[C@@H]4C(=O)N(c5ccc(Cl)cc5)CC=C[C@]34O[C@@H]2/C=C\CCC(=O)N1C. The van der Waals surface area contributed by atoms with Crippen LogP contribution in [0.4, 0.5) is 5.69 Å². The van der Waals surface area contributed by atoms with Crippen LogP contribution in [0.2, 0.25) is 5.02 Å². The molecule has 0 saturated carbocycles. The number of hydrogen-bond donors (Lipinski definition) is 1. The predicted octanol–water partition coefficient (Wildman–Crippen LogP) is 4.08. The molecule has 0 aromatic heterocycles. The van der Waals surface area contributed by atoms with Crippen molar-refractivity contribution in [1.29, 1.82) is 0 Å². The smallest absolute Gasteiger partial charge is 0.313 e. The van der Waals surface area contributed by atoms with E-state index in [1.54, 1.807) is 59.3 Å². The molecule has 0 unspecified atom stereocenters. The molecule has 4 heterocycles. The maximum Gasteiger partial charge on any atom is 0.313 e. The van der Waals surface area contributed by atoms with Crippen LogP contribution < -0.4 is 4.90 Å². The molecular formula is C36H40ClN3O7. The lowest BCUT2D eigenvalue weighted by Crippen LogP contribution is -2.55. The Morgan fingerprint density at radius 3 is 2.45 bits per heavy atom. The number of likely N-dealkylation sites (N-methyl/N-ethyl adjacent to an activating group) is 1. The number of ether oxygens (including phenoxy) is 2. The number of rotatable bonds is 6. The van der Waals surface area contributed by atoms with Crippen LogP contribution in [-0.4, -0.2) is 89.1 Å². The largest absolute Gasteiger partial charge is 0.455 e. The van der Waals surface area contributed by atoms with Gasteiger partial charge in [-0.15, -0.1) is 0 Å². The number of carbonyl (C=O) groups is 4. The van der Waals surface area contributed by atoms with Crippen molar-refractivity contribution in [1.82, 2.24) is 9.80 Å². The first kappa shape index (κ1) is 32.9. The van der Waals surface area contributed by atoms with Crippen molar-refractivity contribution >= 4 is 41.0 Å². The molecule has 11 heteroatoms. The number of halogens is 1. The zero-order chi connectivity index (χ0) is 33.3. The molecule has 2 aromatic rings. The second-order valence-corrected chi connectivity index (χ2v) is 13.0. The number of anilines is 1. The quantitative estimate of drug-likeness (QED) is 0.282. The summed E-state index contributed by atoms with van der Waals surface area (Å²) in [6.45, 7) is 2.22. The highest BCUT2D eigenvalue weighted by atomic mass is 35.5. The van der Waals surface area contributed by atoms with Gasteiger partial charge in [0.2, 0.25) is 11.8 Å². The minimum Gasteiger partial charge on any atom is -0.455 e. The van der Waals surface area contributed by atoms with Crippen LogP contribution in [0.15, 0.2) is 78.9 Å². The zero-order valence-corrected chi connectivity index (χ0v) is 27.3. The summed E-state index contributed by atoms with van der Waals surface area (Å²) in [5.74, 6) is -3.52. The number of fused-ring (bicyclic) bond motifs is 2. The van der Waals surface area contributed by atoms with Gasteiger partial charge in [-0.2, -0.15) is 0 Å². The third-order valence-electron chi connectivity index (χ3n) is 9.88. The molecule has 2 saturated heterocycles. The first-order valence-corrected chi connectivity index (χ1v) is 16.6. The van der Waals surface area contributed by atoms with Gasteiger partial charge in [0.05, 0.1) is 18.1 Å². The maximum absolute atomic E-state index is 14.6. The average Bonchev–Trinajstić information content (AvgIpc) is 3.45. The number of cyclic esters (lactones) is 1. The van der Waals surface area contributed by atoms with Crippen LogP contribution in [0.1, 0.15) is 44.3 Å². The van der Waals surface area contributed by atoms with Gasteiger partial charge in [0.15, 0.2) is 0 Å². The molecule has 0 bridgehead atoms. The average molecular weight is 662 g/mol. The van der Waals surface area contributed by atoms with Gasteiger partial charge in [-0.25, -0.2) is 0 Å². The molecule has 10 nitrogen and oxygen atoms in total. The Hall–Kier alpha value is -3.99. The number of amides is 3. The minimum absolute atomic E-state index is 0.0552. The van der Waals surface area contributed by atoms with E-state index in [1.165, 1.54) is 4.90 Å². The van der Waals surface area contributed by atoms with Crippen molar-refractivity contribution in [3.05, 3.63) is 89.5 Å². The molecule has 7 atom stereocenters. The van der Waals surface area contributed by atoms with Crippen molar-refractivity contribution in [2.45, 2.75) is 62.5 Å². The number of aliphatic hydroxyl groups is 1. The van der Waals surface area contributed by atoms with E-state index in [0.29, 0.717) is 30.0 Å². The molecular weight excluding hydrogens is 622 g/mol. The van der Waals surface area contributed by atoms with E-state index < -0.39 is 47.7 Å². The minimum atomic E-state index is -1.45. The van der Waals surface area contributed by atoms with Crippen LogP contribution in [0.5, 0.6) is 0 Å². The van der Waals surface area contributed by atoms with Crippen molar-refractivity contribution in [2.24, 2.45) is 11.8 Å². The fourth-order valence-electron chi connectivity index (χ4n) is 7.37. The number of likely N-dealkylation sites (tertiary alicyclic amines) is 1. The molecule has 6 rings (SSSR count). The monoisotopic (exact) mass is 661 g/mol. The van der Waals surface area contributed by atoms with Crippen molar-refractivity contribution < 1.29 is 33.8 Å². The van der Waals surface area contributed by atoms with E-state index in [1.807, 2.05) is 43.3 Å². The highest BCUT2D eigenvalue weighted by Crippen LogP contribution is 2.53. The second-order valence-electron chi connectivity index (χ2n) is 12.6. The first-order chi connectivity index (χ1) is 22.7. The van der Waals surface area contributed by atoms with Crippen molar-refractivity contribution in [2.75, 3.05) is 31.6 Å². The third-order valence-corrected chi connectivity index (χ3v) is 10.1. The highest BCUT2D eigenvalue weighted by Gasteiger charge is 2.71. The Bertz CT molecular complexity index is 1560.